The summed E-state index contributed by atoms with van der Waals surface area (Å²) in [6, 6.07) is 10.1. The maximum Gasteiger partial charge on any atom is 0.251 e. The lowest BCUT2D eigenvalue weighted by Gasteiger charge is -2.13. The van der Waals surface area contributed by atoms with Crippen LogP contribution in [-0.2, 0) is 10.0 Å². The highest BCUT2D eigenvalue weighted by Crippen LogP contribution is 2.18. The fourth-order valence-corrected chi connectivity index (χ4v) is 3.45. The van der Waals surface area contributed by atoms with E-state index in [0.717, 1.165) is 21.0 Å². The minimum absolute atomic E-state index is 0.133. The fourth-order valence-electron chi connectivity index (χ4n) is 2.55. The number of hydrogen-bond donors (Lipinski definition) is 1. The largest absolute Gasteiger partial charge is 0.492 e. The predicted molar refractivity (Wildman–Crippen MR) is 106 cm³/mol. The Hall–Kier alpha value is -2.38. The number of ether oxygens (including phenoxy) is 1. The molecule has 146 valence electrons. The molecular formula is C20H26N2O4S. The lowest BCUT2D eigenvalue weighted by Crippen LogP contribution is -2.28. The van der Waals surface area contributed by atoms with Crippen LogP contribution in [-0.4, -0.2) is 45.9 Å². The molecule has 0 aromatic heterocycles. The highest BCUT2D eigenvalue weighted by molar-refractivity contribution is 7.89. The molecule has 0 radical (unpaired) electrons. The molecule has 0 aliphatic heterocycles. The summed E-state index contributed by atoms with van der Waals surface area (Å²) in [5.74, 6) is 0.413. The van der Waals surface area contributed by atoms with Crippen molar-refractivity contribution >= 4 is 15.9 Å². The highest BCUT2D eigenvalue weighted by atomic mass is 32.2. The summed E-state index contributed by atoms with van der Waals surface area (Å²) in [5.41, 5.74) is 3.84. The number of carbonyl (C=O) groups excluding carboxylic acids is 1. The molecule has 2 rings (SSSR count). The third-order valence-corrected chi connectivity index (χ3v) is 6.17. The van der Waals surface area contributed by atoms with Gasteiger partial charge in [0.05, 0.1) is 11.4 Å². The maximum atomic E-state index is 12.3. The molecule has 7 heteroatoms. The lowest BCUT2D eigenvalue weighted by atomic mass is 10.0. The van der Waals surface area contributed by atoms with E-state index in [1.165, 1.54) is 26.2 Å². The number of benzene rings is 2. The SMILES string of the molecule is Cc1cc(C)c(C(=O)NCCOc2ccc(S(=O)(=O)N(C)C)cc2)cc1C. The Kier molecular flexibility index (Phi) is 6.62. The molecular weight excluding hydrogens is 364 g/mol. The molecule has 0 unspecified atom stereocenters. The molecule has 2 aromatic carbocycles. The van der Waals surface area contributed by atoms with E-state index in [1.54, 1.807) is 12.1 Å². The summed E-state index contributed by atoms with van der Waals surface area (Å²) in [5, 5.41) is 2.84. The van der Waals surface area contributed by atoms with E-state index >= 15 is 0 Å². The van der Waals surface area contributed by atoms with Crippen LogP contribution in [0.15, 0.2) is 41.3 Å². The molecule has 6 nitrogen and oxygen atoms in total. The van der Waals surface area contributed by atoms with Gasteiger partial charge in [0.25, 0.3) is 5.91 Å². The monoisotopic (exact) mass is 390 g/mol. The van der Waals surface area contributed by atoms with Crippen LogP contribution < -0.4 is 10.1 Å². The second-order valence-corrected chi connectivity index (χ2v) is 8.77. The Labute approximate surface area is 161 Å². The van der Waals surface area contributed by atoms with Crippen molar-refractivity contribution in [2.24, 2.45) is 0 Å². The molecule has 0 saturated heterocycles. The van der Waals surface area contributed by atoms with Crippen LogP contribution in [0.25, 0.3) is 0 Å². The van der Waals surface area contributed by atoms with Gasteiger partial charge < -0.3 is 10.1 Å². The van der Waals surface area contributed by atoms with Crippen molar-refractivity contribution in [2.75, 3.05) is 27.2 Å². The van der Waals surface area contributed by atoms with E-state index in [4.69, 9.17) is 4.74 Å². The number of carbonyl (C=O) groups is 1. The number of sulfonamides is 1. The molecule has 0 saturated carbocycles. The molecule has 0 aliphatic carbocycles. The Morgan fingerprint density at radius 2 is 1.59 bits per heavy atom. The van der Waals surface area contributed by atoms with Gasteiger partial charge in [0, 0.05) is 19.7 Å². The Morgan fingerprint density at radius 3 is 2.19 bits per heavy atom. The summed E-state index contributed by atoms with van der Waals surface area (Å²) in [6.07, 6.45) is 0. The summed E-state index contributed by atoms with van der Waals surface area (Å²) in [4.78, 5) is 12.5. The third-order valence-electron chi connectivity index (χ3n) is 4.34. The van der Waals surface area contributed by atoms with Crippen LogP contribution in [0.2, 0.25) is 0 Å². The van der Waals surface area contributed by atoms with Gasteiger partial charge in [0.15, 0.2) is 0 Å². The second kappa shape index (κ2) is 8.54. The first kappa shape index (κ1) is 20.9. The fraction of sp³-hybridized carbons (Fsp3) is 0.350. The van der Waals surface area contributed by atoms with Gasteiger partial charge in [-0.1, -0.05) is 6.07 Å². The van der Waals surface area contributed by atoms with Gasteiger partial charge in [-0.25, -0.2) is 12.7 Å². The molecule has 0 atom stereocenters. The zero-order valence-corrected chi connectivity index (χ0v) is 17.2. The molecule has 0 fully saturated rings. The van der Waals surface area contributed by atoms with E-state index in [9.17, 15) is 13.2 Å². The van der Waals surface area contributed by atoms with Crippen molar-refractivity contribution in [1.29, 1.82) is 0 Å². The van der Waals surface area contributed by atoms with Crippen LogP contribution in [0.5, 0.6) is 5.75 Å². The summed E-state index contributed by atoms with van der Waals surface area (Å²) in [7, 11) is -0.479. The summed E-state index contributed by atoms with van der Waals surface area (Å²) >= 11 is 0. The number of nitrogens with zero attached hydrogens (tertiary/aromatic N) is 1. The van der Waals surface area contributed by atoms with Crippen molar-refractivity contribution in [3.63, 3.8) is 0 Å². The van der Waals surface area contributed by atoms with Crippen LogP contribution in [0.3, 0.4) is 0 Å². The van der Waals surface area contributed by atoms with Gasteiger partial charge in [-0.15, -0.1) is 0 Å². The standard InChI is InChI=1S/C20H26N2O4S/c1-14-12-16(3)19(13-15(14)2)20(23)21-10-11-26-17-6-8-18(9-7-17)27(24,25)22(4)5/h6-9,12-13H,10-11H2,1-5H3,(H,21,23). The minimum atomic E-state index is -3.45. The van der Waals surface area contributed by atoms with E-state index in [1.807, 2.05) is 32.9 Å². The first-order valence-electron chi connectivity index (χ1n) is 8.64. The number of rotatable bonds is 7. The van der Waals surface area contributed by atoms with Crippen LogP contribution in [0.1, 0.15) is 27.0 Å². The van der Waals surface area contributed by atoms with Crippen LogP contribution in [0, 0.1) is 20.8 Å². The molecule has 27 heavy (non-hydrogen) atoms. The molecule has 2 aromatic rings. The Morgan fingerprint density at radius 1 is 1.00 bits per heavy atom. The van der Waals surface area contributed by atoms with Crippen molar-refractivity contribution in [2.45, 2.75) is 25.7 Å². The van der Waals surface area contributed by atoms with Gasteiger partial charge in [-0.2, -0.15) is 0 Å². The minimum Gasteiger partial charge on any atom is -0.492 e. The van der Waals surface area contributed by atoms with Crippen LogP contribution >= 0.6 is 0 Å². The van der Waals surface area contributed by atoms with Crippen molar-refractivity contribution in [3.05, 3.63) is 58.7 Å². The van der Waals surface area contributed by atoms with Crippen molar-refractivity contribution < 1.29 is 17.9 Å². The van der Waals surface area contributed by atoms with Gasteiger partial charge in [-0.3, -0.25) is 4.79 Å². The summed E-state index contributed by atoms with van der Waals surface area (Å²) < 4.78 is 30.8. The van der Waals surface area contributed by atoms with Gasteiger partial charge in [0.1, 0.15) is 12.4 Å². The zero-order chi connectivity index (χ0) is 20.2. The topological polar surface area (TPSA) is 75.7 Å². The Balaban J connectivity index is 1.88. The molecule has 0 bridgehead atoms. The van der Waals surface area contributed by atoms with Crippen molar-refractivity contribution in [1.82, 2.24) is 9.62 Å². The number of hydrogen-bond acceptors (Lipinski definition) is 4. The predicted octanol–water partition coefficient (Wildman–Crippen LogP) is 2.67. The first-order valence-corrected chi connectivity index (χ1v) is 10.1. The van der Waals surface area contributed by atoms with E-state index in [2.05, 4.69) is 5.32 Å². The van der Waals surface area contributed by atoms with Crippen molar-refractivity contribution in [3.8, 4) is 5.75 Å². The molecule has 0 spiro atoms. The third kappa shape index (κ3) is 5.08. The first-order chi connectivity index (χ1) is 12.6. The smallest absolute Gasteiger partial charge is 0.251 e. The van der Waals surface area contributed by atoms with Gasteiger partial charge >= 0.3 is 0 Å². The molecule has 0 aliphatic rings. The second-order valence-electron chi connectivity index (χ2n) is 6.61. The highest BCUT2D eigenvalue weighted by Gasteiger charge is 2.16. The average Bonchev–Trinajstić information content (AvgIpc) is 2.62. The maximum absolute atomic E-state index is 12.3. The quantitative estimate of drug-likeness (QED) is 0.738. The lowest BCUT2D eigenvalue weighted by molar-refractivity contribution is 0.0946. The number of aryl methyl sites for hydroxylation is 3. The molecule has 1 N–H and O–H groups in total. The van der Waals surface area contributed by atoms with E-state index in [-0.39, 0.29) is 17.4 Å². The molecule has 0 heterocycles. The normalized spacial score (nSPS) is 11.5. The number of amides is 1. The molecule has 1 amide bonds. The van der Waals surface area contributed by atoms with Crippen LogP contribution in [0.4, 0.5) is 0 Å². The van der Waals surface area contributed by atoms with Gasteiger partial charge in [-0.05, 0) is 67.8 Å². The summed E-state index contributed by atoms with van der Waals surface area (Å²) in [6.45, 7) is 6.56. The number of nitrogens with one attached hydrogen (secondary N) is 1. The van der Waals surface area contributed by atoms with E-state index in [0.29, 0.717) is 17.9 Å². The Bertz CT molecular complexity index is 920. The average molecular weight is 391 g/mol. The van der Waals surface area contributed by atoms with E-state index < -0.39 is 10.0 Å². The van der Waals surface area contributed by atoms with Gasteiger partial charge in [0.2, 0.25) is 10.0 Å². The zero-order valence-electron chi connectivity index (χ0n) is 16.4.